The van der Waals surface area contributed by atoms with E-state index in [1.807, 2.05) is 6.92 Å². The average Bonchev–Trinajstić information content (AvgIpc) is 2.73. The van der Waals surface area contributed by atoms with Gasteiger partial charge in [-0.25, -0.2) is 0 Å². The summed E-state index contributed by atoms with van der Waals surface area (Å²) in [6.07, 6.45) is 2.51. The monoisotopic (exact) mass is 240 g/mol. The zero-order valence-corrected chi connectivity index (χ0v) is 10.9. The molecule has 1 aliphatic heterocycles. The van der Waals surface area contributed by atoms with E-state index in [-0.39, 0.29) is 0 Å². The number of nitrogens with one attached hydrogen (secondary N) is 1. The maximum absolute atomic E-state index is 4.13. The molecule has 0 unspecified atom stereocenters. The van der Waals surface area contributed by atoms with Gasteiger partial charge in [0, 0.05) is 12.6 Å². The fraction of sp³-hybridized carbons (Fsp3) is 0.818. The highest BCUT2D eigenvalue weighted by molar-refractivity contribution is 7.11. The highest BCUT2D eigenvalue weighted by atomic mass is 32.1. The van der Waals surface area contributed by atoms with Crippen LogP contribution in [0.15, 0.2) is 0 Å². The van der Waals surface area contributed by atoms with Gasteiger partial charge < -0.3 is 10.2 Å². The van der Waals surface area contributed by atoms with Gasteiger partial charge in [0.05, 0.1) is 0 Å². The summed E-state index contributed by atoms with van der Waals surface area (Å²) < 4.78 is 0. The molecule has 0 amide bonds. The van der Waals surface area contributed by atoms with Crippen LogP contribution in [0.5, 0.6) is 0 Å². The van der Waals surface area contributed by atoms with Gasteiger partial charge in [0.2, 0.25) is 0 Å². The van der Waals surface area contributed by atoms with Gasteiger partial charge in [-0.2, -0.15) is 0 Å². The molecule has 1 aliphatic rings. The van der Waals surface area contributed by atoms with Crippen LogP contribution in [0.4, 0.5) is 0 Å². The van der Waals surface area contributed by atoms with E-state index in [1.165, 1.54) is 32.5 Å². The van der Waals surface area contributed by atoms with Crippen molar-refractivity contribution >= 4 is 11.3 Å². The highest BCUT2D eigenvalue weighted by Crippen LogP contribution is 2.12. The summed E-state index contributed by atoms with van der Waals surface area (Å²) in [5.74, 6) is 0. The van der Waals surface area contributed by atoms with E-state index in [0.29, 0.717) is 6.04 Å². The van der Waals surface area contributed by atoms with Crippen molar-refractivity contribution in [3.8, 4) is 0 Å². The number of piperidine rings is 1. The summed E-state index contributed by atoms with van der Waals surface area (Å²) in [6, 6.07) is 0.659. The van der Waals surface area contributed by atoms with E-state index < -0.39 is 0 Å². The Morgan fingerprint density at radius 2 is 2.12 bits per heavy atom. The smallest absolute Gasteiger partial charge is 0.131 e. The van der Waals surface area contributed by atoms with Crippen molar-refractivity contribution in [1.82, 2.24) is 20.4 Å². The molecule has 0 radical (unpaired) electrons. The number of likely N-dealkylation sites (tertiary alicyclic amines) is 1. The number of rotatable bonds is 4. The predicted octanol–water partition coefficient (Wildman–Crippen LogP) is 1.42. The molecule has 1 aromatic heterocycles. The second kappa shape index (κ2) is 5.70. The third-order valence-electron chi connectivity index (χ3n) is 3.14. The highest BCUT2D eigenvalue weighted by Gasteiger charge is 2.17. The quantitative estimate of drug-likeness (QED) is 0.864. The molecule has 0 bridgehead atoms. The van der Waals surface area contributed by atoms with Crippen LogP contribution in [-0.2, 0) is 6.54 Å². The normalized spacial score (nSPS) is 19.1. The summed E-state index contributed by atoms with van der Waals surface area (Å²) in [4.78, 5) is 2.51. The molecule has 2 rings (SSSR count). The van der Waals surface area contributed by atoms with Crippen LogP contribution in [0.25, 0.3) is 0 Å². The summed E-state index contributed by atoms with van der Waals surface area (Å²) in [5, 5.41) is 13.9. The molecule has 0 saturated carbocycles. The van der Waals surface area contributed by atoms with E-state index in [2.05, 4.69) is 27.3 Å². The van der Waals surface area contributed by atoms with Crippen LogP contribution in [0.3, 0.4) is 0 Å². The largest absolute Gasteiger partial charge is 0.308 e. The molecule has 0 aromatic carbocycles. The van der Waals surface area contributed by atoms with Gasteiger partial charge in [-0.1, -0.05) is 6.92 Å². The molecule has 0 atom stereocenters. The van der Waals surface area contributed by atoms with Crippen molar-refractivity contribution in [1.29, 1.82) is 0 Å². The van der Waals surface area contributed by atoms with Gasteiger partial charge >= 0.3 is 0 Å². The minimum Gasteiger partial charge on any atom is -0.308 e. The first-order valence-corrected chi connectivity index (χ1v) is 6.84. The van der Waals surface area contributed by atoms with E-state index in [1.54, 1.807) is 11.3 Å². The maximum Gasteiger partial charge on any atom is 0.131 e. The molecular formula is C11H20N4S. The lowest BCUT2D eigenvalue weighted by Crippen LogP contribution is -2.42. The Bertz CT molecular complexity index is 318. The van der Waals surface area contributed by atoms with Crippen LogP contribution in [0, 0.1) is 6.92 Å². The molecule has 16 heavy (non-hydrogen) atoms. The van der Waals surface area contributed by atoms with Crippen LogP contribution in [0.1, 0.15) is 29.8 Å². The Morgan fingerprint density at radius 3 is 2.69 bits per heavy atom. The molecule has 2 heterocycles. The summed E-state index contributed by atoms with van der Waals surface area (Å²) in [5.41, 5.74) is 0. The van der Waals surface area contributed by atoms with Gasteiger partial charge in [0.15, 0.2) is 0 Å². The topological polar surface area (TPSA) is 41.0 Å². The van der Waals surface area contributed by atoms with Gasteiger partial charge in [-0.15, -0.1) is 21.5 Å². The third kappa shape index (κ3) is 3.23. The Morgan fingerprint density at radius 1 is 1.38 bits per heavy atom. The van der Waals surface area contributed by atoms with Crippen molar-refractivity contribution in [2.45, 2.75) is 39.3 Å². The number of aryl methyl sites for hydroxylation is 1. The van der Waals surface area contributed by atoms with Gasteiger partial charge in [-0.05, 0) is 39.4 Å². The lowest BCUT2D eigenvalue weighted by Gasteiger charge is -2.31. The molecular weight excluding hydrogens is 220 g/mol. The third-order valence-corrected chi connectivity index (χ3v) is 3.98. The van der Waals surface area contributed by atoms with E-state index in [9.17, 15) is 0 Å². The van der Waals surface area contributed by atoms with Crippen molar-refractivity contribution < 1.29 is 0 Å². The molecule has 1 fully saturated rings. The van der Waals surface area contributed by atoms with Crippen molar-refractivity contribution in [3.63, 3.8) is 0 Å². The van der Waals surface area contributed by atoms with Crippen LogP contribution in [-0.4, -0.2) is 40.8 Å². The predicted molar refractivity (Wildman–Crippen MR) is 66.6 cm³/mol. The van der Waals surface area contributed by atoms with Gasteiger partial charge in [0.1, 0.15) is 10.0 Å². The maximum atomic E-state index is 4.13. The lowest BCUT2D eigenvalue weighted by atomic mass is 10.1. The first-order chi connectivity index (χ1) is 7.78. The number of hydrogen-bond donors (Lipinski definition) is 1. The van der Waals surface area contributed by atoms with E-state index >= 15 is 0 Å². The molecule has 1 aromatic rings. The second-order valence-corrected chi connectivity index (χ2v) is 5.57. The van der Waals surface area contributed by atoms with Gasteiger partial charge in [0.25, 0.3) is 0 Å². The van der Waals surface area contributed by atoms with E-state index in [4.69, 9.17) is 0 Å². The summed E-state index contributed by atoms with van der Waals surface area (Å²) >= 11 is 1.69. The number of nitrogens with zero attached hydrogens (tertiary/aromatic N) is 3. The molecule has 0 aliphatic carbocycles. The Kier molecular flexibility index (Phi) is 4.26. The summed E-state index contributed by atoms with van der Waals surface area (Å²) in [6.45, 7) is 8.75. The first-order valence-electron chi connectivity index (χ1n) is 6.02. The van der Waals surface area contributed by atoms with Crippen LogP contribution in [0.2, 0.25) is 0 Å². The number of hydrogen-bond acceptors (Lipinski definition) is 5. The fourth-order valence-corrected chi connectivity index (χ4v) is 2.75. The Hall–Kier alpha value is -0.520. The Balaban J connectivity index is 1.71. The minimum absolute atomic E-state index is 0.659. The number of aromatic nitrogens is 2. The van der Waals surface area contributed by atoms with Crippen molar-refractivity contribution in [3.05, 3.63) is 10.0 Å². The van der Waals surface area contributed by atoms with Crippen molar-refractivity contribution in [2.24, 2.45) is 0 Å². The molecule has 0 spiro atoms. The molecule has 1 saturated heterocycles. The first kappa shape index (κ1) is 12.0. The average molecular weight is 240 g/mol. The molecule has 5 heteroatoms. The van der Waals surface area contributed by atoms with E-state index in [0.717, 1.165) is 16.6 Å². The Labute approximate surface area is 101 Å². The lowest BCUT2D eigenvalue weighted by molar-refractivity contribution is 0.206. The zero-order chi connectivity index (χ0) is 11.4. The van der Waals surface area contributed by atoms with Gasteiger partial charge in [-0.3, -0.25) is 0 Å². The minimum atomic E-state index is 0.659. The zero-order valence-electron chi connectivity index (χ0n) is 10.1. The summed E-state index contributed by atoms with van der Waals surface area (Å²) in [7, 11) is 0. The molecule has 1 N–H and O–H groups in total. The molecule has 90 valence electrons. The van der Waals surface area contributed by atoms with Crippen molar-refractivity contribution in [2.75, 3.05) is 19.6 Å². The van der Waals surface area contributed by atoms with Crippen LogP contribution >= 0.6 is 11.3 Å². The van der Waals surface area contributed by atoms with Crippen LogP contribution < -0.4 is 5.32 Å². The standard InChI is InChI=1S/C11H20N4S/c1-3-15-6-4-10(5-7-15)12-8-11-14-13-9(2)16-11/h10,12H,3-8H2,1-2H3. The fourth-order valence-electron chi connectivity index (χ4n) is 2.09. The second-order valence-electron chi connectivity index (χ2n) is 4.30. The SMILES string of the molecule is CCN1CCC(NCc2nnc(C)s2)CC1. The molecule has 4 nitrogen and oxygen atoms in total.